The van der Waals surface area contributed by atoms with Crippen molar-refractivity contribution in [2.75, 3.05) is 19.0 Å². The number of carbonyl (C=O) groups is 1. The molecule has 33 heavy (non-hydrogen) atoms. The van der Waals surface area contributed by atoms with Gasteiger partial charge in [0.25, 0.3) is 8.53 Å². The topological polar surface area (TPSA) is 115 Å². The van der Waals surface area contributed by atoms with E-state index in [0.29, 0.717) is 0 Å². The van der Waals surface area contributed by atoms with Crippen LogP contribution in [0.1, 0.15) is 49.1 Å². The third-order valence-electron chi connectivity index (χ3n) is 4.44. The summed E-state index contributed by atoms with van der Waals surface area (Å²) in [5.41, 5.74) is -0.788. The maximum absolute atomic E-state index is 15.5. The Hall–Kier alpha value is -1.75. The van der Waals surface area contributed by atoms with Crippen LogP contribution in [0.2, 0.25) is 0 Å². The van der Waals surface area contributed by atoms with E-state index in [4.69, 9.17) is 16.6 Å². The zero-order valence-electron chi connectivity index (χ0n) is 21.9. The largest absolute Gasteiger partial charge is 0.400 e. The Morgan fingerprint density at radius 2 is 2.21 bits per heavy atom. The second-order valence-electron chi connectivity index (χ2n) is 7.65. The molecule has 1 aromatic rings. The SMILES string of the molecule is [2H]CC1OC(n2ccc(NC(C)=O)nc2=O)C(F)C1OP(OCC=C)N(C(C)C)C(C)C.[3H]OC. The Morgan fingerprint density at radius 3 is 2.70 bits per heavy atom. The van der Waals surface area contributed by atoms with Gasteiger partial charge in [-0.05, 0) is 40.7 Å². The Labute approximate surface area is 198 Å². The van der Waals surface area contributed by atoms with E-state index in [9.17, 15) is 9.59 Å². The second kappa shape index (κ2) is 13.8. The molecule has 0 spiro atoms. The molecule has 5 atom stereocenters. The van der Waals surface area contributed by atoms with Gasteiger partial charge in [-0.25, -0.2) is 13.9 Å². The predicted molar refractivity (Wildman–Crippen MR) is 125 cm³/mol. The van der Waals surface area contributed by atoms with Gasteiger partial charge in [-0.3, -0.25) is 9.36 Å². The summed E-state index contributed by atoms with van der Waals surface area (Å²) >= 11 is 0. The van der Waals surface area contributed by atoms with Gasteiger partial charge in [-0.15, -0.1) is 6.58 Å². The summed E-state index contributed by atoms with van der Waals surface area (Å²) in [5.74, 6) is -0.326. The number of anilines is 1. The van der Waals surface area contributed by atoms with Gasteiger partial charge in [-0.1, -0.05) is 6.08 Å². The van der Waals surface area contributed by atoms with E-state index in [1.54, 1.807) is 6.08 Å². The molecule has 10 nitrogen and oxygen atoms in total. The maximum atomic E-state index is 15.5. The number of rotatable bonds is 10. The highest BCUT2D eigenvalue weighted by Gasteiger charge is 2.47. The molecule has 1 aliphatic heterocycles. The number of nitrogens with zero attached hydrogens (tertiary/aromatic N) is 3. The van der Waals surface area contributed by atoms with Crippen molar-refractivity contribution in [3.8, 4) is 0 Å². The van der Waals surface area contributed by atoms with Crippen molar-refractivity contribution in [1.82, 2.24) is 14.2 Å². The monoisotopic (exact) mass is 493 g/mol. The smallest absolute Gasteiger partial charge is 0.351 e. The zero-order chi connectivity index (χ0) is 26.7. The first-order valence-electron chi connectivity index (χ1n) is 11.6. The molecule has 5 unspecified atom stereocenters. The van der Waals surface area contributed by atoms with Crippen LogP contribution in [0.4, 0.5) is 10.2 Å². The minimum absolute atomic E-state index is 0.0582. The van der Waals surface area contributed by atoms with Crippen LogP contribution in [0, 0.1) is 0 Å². The molecule has 0 saturated carbocycles. The number of carbonyl (C=O) groups excluding carboxylic acids is 1. The molecule has 2 heterocycles. The minimum atomic E-state index is -1.74. The lowest BCUT2D eigenvalue weighted by Crippen LogP contribution is -2.38. The summed E-state index contributed by atoms with van der Waals surface area (Å²) in [7, 11) is -0.390. The Kier molecular flexibility index (Phi) is 10.8. The maximum Gasteiger partial charge on any atom is 0.351 e. The highest BCUT2D eigenvalue weighted by Crippen LogP contribution is 2.50. The van der Waals surface area contributed by atoms with Crippen molar-refractivity contribution in [1.29, 1.82) is 1.43 Å². The van der Waals surface area contributed by atoms with Crippen LogP contribution in [0.3, 0.4) is 0 Å². The molecular formula is C21H36FN4O6P. The first kappa shape index (κ1) is 25.9. The molecule has 1 aromatic heterocycles. The molecule has 0 radical (unpaired) electrons. The van der Waals surface area contributed by atoms with E-state index in [2.05, 4.69) is 22.0 Å². The highest BCUT2D eigenvalue weighted by molar-refractivity contribution is 7.44. The number of hydrogen-bond acceptors (Lipinski definition) is 8. The number of ether oxygens (including phenoxy) is 1. The zero-order valence-corrected chi connectivity index (χ0v) is 20.8. The van der Waals surface area contributed by atoms with E-state index < -0.39 is 38.8 Å². The molecule has 2 N–H and O–H groups in total. The molecule has 0 aromatic carbocycles. The van der Waals surface area contributed by atoms with Crippen molar-refractivity contribution in [3.63, 3.8) is 0 Å². The number of aromatic nitrogens is 2. The fraction of sp³-hybridized carbons (Fsp3) is 0.667. The number of amides is 1. The lowest BCUT2D eigenvalue weighted by Gasteiger charge is -2.37. The van der Waals surface area contributed by atoms with Crippen molar-refractivity contribution < 1.29 is 29.4 Å². The minimum Gasteiger partial charge on any atom is -0.400 e. The molecule has 188 valence electrons. The summed E-state index contributed by atoms with van der Waals surface area (Å²) < 4.78 is 49.7. The van der Waals surface area contributed by atoms with Crippen LogP contribution >= 0.6 is 8.53 Å². The number of halogens is 1. The fourth-order valence-electron chi connectivity index (χ4n) is 3.25. The van der Waals surface area contributed by atoms with Crippen LogP contribution in [-0.2, 0) is 18.6 Å². The molecule has 1 fully saturated rings. The van der Waals surface area contributed by atoms with Gasteiger partial charge in [-0.2, -0.15) is 4.98 Å². The van der Waals surface area contributed by atoms with E-state index >= 15 is 4.39 Å². The Morgan fingerprint density at radius 1 is 1.58 bits per heavy atom. The summed E-state index contributed by atoms with van der Waals surface area (Å²) in [4.78, 5) is 27.3. The average molecular weight is 494 g/mol. The van der Waals surface area contributed by atoms with Crippen LogP contribution in [0.25, 0.3) is 0 Å². The van der Waals surface area contributed by atoms with Crippen LogP contribution < -0.4 is 11.0 Å². The van der Waals surface area contributed by atoms with Crippen LogP contribution in [0.5, 0.6) is 0 Å². The van der Waals surface area contributed by atoms with Gasteiger partial charge >= 0.3 is 5.69 Å². The molecule has 1 aliphatic rings. The first-order valence-corrected chi connectivity index (χ1v) is 11.6. The molecule has 0 aliphatic carbocycles. The summed E-state index contributed by atoms with van der Waals surface area (Å²) in [6, 6.07) is 1.50. The van der Waals surface area contributed by atoms with E-state index in [0.717, 1.165) is 4.57 Å². The summed E-state index contributed by atoms with van der Waals surface area (Å²) in [6.45, 7) is 12.8. The number of hydrogen-bond donors (Lipinski definition) is 2. The van der Waals surface area contributed by atoms with E-state index in [-0.39, 0.29) is 37.3 Å². The van der Waals surface area contributed by atoms with E-state index in [1.165, 1.54) is 26.3 Å². The fourth-order valence-corrected chi connectivity index (χ4v) is 5.00. The Balaban J connectivity index is 0.00000194. The number of alkyl halides is 1. The molecule has 1 amide bonds. The standard InChI is InChI=1S/C20H32FN4O5P.CH4O/c1-8-11-28-31(25(12(2)3)13(4)5)30-18-14(6)29-19(17(18)21)24-10-9-16(22-15(7)26)23-20(24)27;1-2/h8-10,12-14,17-19H,1,11H2,2-7H3,(H,22,23,26,27);2H,1H3/i6D;2T. The molecule has 12 heteroatoms. The lowest BCUT2D eigenvalue weighted by molar-refractivity contribution is -0.114. The average Bonchev–Trinajstić information content (AvgIpc) is 3.07. The number of aliphatic hydroxyl groups is 1. The van der Waals surface area contributed by atoms with Gasteiger partial charge in [0.05, 0.1) is 12.7 Å². The molecular weight excluding hydrogens is 454 g/mol. The molecule has 1 saturated heterocycles. The van der Waals surface area contributed by atoms with Crippen LogP contribution in [-0.4, -0.2) is 70.8 Å². The Bertz CT molecular complexity index is 857. The highest BCUT2D eigenvalue weighted by atomic mass is 31.2. The van der Waals surface area contributed by atoms with Gasteiger partial charge in [0.1, 0.15) is 11.9 Å². The summed E-state index contributed by atoms with van der Waals surface area (Å²) in [6.07, 6.45) is -2.19. The van der Waals surface area contributed by atoms with Crippen LogP contribution in [0.15, 0.2) is 29.7 Å². The normalized spacial score (nSPS) is 24.2. The predicted octanol–water partition coefficient (Wildman–Crippen LogP) is 3.00. The number of nitrogens with one attached hydrogen (secondary N) is 1. The van der Waals surface area contributed by atoms with Crippen molar-refractivity contribution >= 4 is 20.3 Å². The van der Waals surface area contributed by atoms with Gasteiger partial charge in [0.15, 0.2) is 12.4 Å². The van der Waals surface area contributed by atoms with Crippen molar-refractivity contribution in [2.45, 2.75) is 78.2 Å². The molecule has 0 bridgehead atoms. The quantitative estimate of drug-likeness (QED) is 0.378. The van der Waals surface area contributed by atoms with Crippen molar-refractivity contribution in [3.05, 3.63) is 35.4 Å². The van der Waals surface area contributed by atoms with Gasteiger partial charge in [0.2, 0.25) is 7.34 Å². The van der Waals surface area contributed by atoms with Gasteiger partial charge < -0.3 is 24.2 Å². The van der Waals surface area contributed by atoms with Gasteiger partial charge in [0, 0.05) is 33.7 Å². The lowest BCUT2D eigenvalue weighted by atomic mass is 10.2. The second-order valence-corrected chi connectivity index (χ2v) is 9.06. The number of aliphatic hydroxyl groups excluding tert-OH is 1. The summed E-state index contributed by atoms with van der Waals surface area (Å²) in [5, 5.41) is 5.90. The van der Waals surface area contributed by atoms with E-state index in [1.807, 2.05) is 32.4 Å². The van der Waals surface area contributed by atoms with Crippen molar-refractivity contribution in [2.24, 2.45) is 0 Å². The first-order chi connectivity index (χ1) is 16.5. The molecule has 2 rings (SSSR count). The third kappa shape index (κ3) is 7.91. The third-order valence-corrected chi connectivity index (χ3v) is 6.53.